The molecule has 0 radical (unpaired) electrons. The van der Waals surface area contributed by atoms with Gasteiger partial charge in [-0.1, -0.05) is 5.57 Å². The highest BCUT2D eigenvalue weighted by Crippen LogP contribution is 2.53. The van der Waals surface area contributed by atoms with Gasteiger partial charge in [0.2, 0.25) is 0 Å². The van der Waals surface area contributed by atoms with Gasteiger partial charge in [0.15, 0.2) is 0 Å². The molecule has 4 nitrogen and oxygen atoms in total. The molecule has 1 saturated carbocycles. The van der Waals surface area contributed by atoms with E-state index in [1.807, 2.05) is 29.7 Å². The lowest BCUT2D eigenvalue weighted by atomic mass is 9.66. The zero-order valence-corrected chi connectivity index (χ0v) is 17.8. The van der Waals surface area contributed by atoms with E-state index in [4.69, 9.17) is 0 Å². The van der Waals surface area contributed by atoms with Gasteiger partial charge < -0.3 is 10.2 Å². The van der Waals surface area contributed by atoms with Crippen LogP contribution in [0, 0.1) is 0 Å². The average molecular weight is 414 g/mol. The summed E-state index contributed by atoms with van der Waals surface area (Å²) in [5, 5.41) is 3.36. The van der Waals surface area contributed by atoms with Crippen molar-refractivity contribution in [2.24, 2.45) is 0 Å². The predicted molar refractivity (Wildman–Crippen MR) is 116 cm³/mol. The summed E-state index contributed by atoms with van der Waals surface area (Å²) in [6.45, 7) is 3.65. The van der Waals surface area contributed by atoms with Crippen molar-refractivity contribution in [3.05, 3.63) is 46.2 Å². The lowest BCUT2D eigenvalue weighted by Crippen LogP contribution is -2.40. The Bertz CT molecular complexity index is 896. The monoisotopic (exact) mass is 413 g/mol. The van der Waals surface area contributed by atoms with Gasteiger partial charge in [-0.2, -0.15) is 11.8 Å². The minimum Gasteiger partial charge on any atom is -0.352 e. The van der Waals surface area contributed by atoms with Crippen molar-refractivity contribution in [3.8, 4) is 0 Å². The molecule has 1 N–H and O–H groups in total. The third-order valence-corrected chi connectivity index (χ3v) is 7.84. The van der Waals surface area contributed by atoms with Crippen LogP contribution in [0.5, 0.6) is 0 Å². The number of nitrogens with one attached hydrogen (secondary N) is 1. The summed E-state index contributed by atoms with van der Waals surface area (Å²) in [6, 6.07) is 0. The number of hydrogen-bond donors (Lipinski definition) is 1. The predicted octanol–water partition coefficient (Wildman–Crippen LogP) is 5.36. The Kier molecular flexibility index (Phi) is 5.14. The number of nitrogens with zero attached hydrogens (tertiary/aromatic N) is 2. The number of aromatic nitrogens is 1. The fourth-order valence-electron chi connectivity index (χ4n) is 5.34. The Morgan fingerprint density at radius 2 is 1.83 bits per heavy atom. The van der Waals surface area contributed by atoms with Gasteiger partial charge in [0, 0.05) is 31.0 Å². The van der Waals surface area contributed by atoms with Crippen LogP contribution in [-0.2, 0) is 0 Å². The molecule has 1 aliphatic heterocycles. The van der Waals surface area contributed by atoms with E-state index in [0.717, 1.165) is 68.0 Å². The maximum atomic E-state index is 14.5. The maximum absolute atomic E-state index is 14.5. The van der Waals surface area contributed by atoms with Crippen LogP contribution in [0.15, 0.2) is 29.4 Å². The van der Waals surface area contributed by atoms with Crippen molar-refractivity contribution >= 4 is 23.4 Å². The van der Waals surface area contributed by atoms with E-state index in [2.05, 4.69) is 10.3 Å². The molecule has 4 aliphatic carbocycles. The Hall–Kier alpha value is -1.82. The van der Waals surface area contributed by atoms with Crippen molar-refractivity contribution in [2.45, 2.75) is 57.3 Å². The largest absolute Gasteiger partial charge is 0.352 e. The summed E-state index contributed by atoms with van der Waals surface area (Å²) in [5.41, 5.74) is 5.68. The summed E-state index contributed by atoms with van der Waals surface area (Å²) in [6.07, 6.45) is 9.50. The van der Waals surface area contributed by atoms with E-state index in [-0.39, 0.29) is 11.7 Å². The van der Waals surface area contributed by atoms with Gasteiger partial charge in [-0.25, -0.2) is 9.37 Å². The maximum Gasteiger partial charge on any atom is 0.272 e. The molecule has 6 rings (SSSR count). The van der Waals surface area contributed by atoms with Gasteiger partial charge in [-0.05, 0) is 68.1 Å². The minimum atomic E-state index is -0.0868. The highest BCUT2D eigenvalue weighted by atomic mass is 32.2. The number of anilines is 1. The van der Waals surface area contributed by atoms with Crippen molar-refractivity contribution in [3.63, 3.8) is 0 Å². The van der Waals surface area contributed by atoms with E-state index in [0.29, 0.717) is 29.6 Å². The fourth-order valence-corrected chi connectivity index (χ4v) is 6.24. The SMILES string of the molecule is CC1=CC(Nc2cnc(C(=O)N3CCSCC3)c3c2C2CCC3CC2)=C(F)CC1. The van der Waals surface area contributed by atoms with E-state index < -0.39 is 0 Å². The van der Waals surface area contributed by atoms with Gasteiger partial charge in [-0.3, -0.25) is 4.79 Å². The van der Waals surface area contributed by atoms with Crippen LogP contribution < -0.4 is 5.32 Å². The molecule has 0 spiro atoms. The van der Waals surface area contributed by atoms with E-state index >= 15 is 0 Å². The summed E-state index contributed by atoms with van der Waals surface area (Å²) in [7, 11) is 0. The fraction of sp³-hybridized carbons (Fsp3) is 0.565. The number of fused-ring (bicyclic) bond motifs is 2. The lowest BCUT2D eigenvalue weighted by Gasteiger charge is -2.40. The molecule has 0 aromatic carbocycles. The van der Waals surface area contributed by atoms with Crippen LogP contribution in [0.2, 0.25) is 0 Å². The van der Waals surface area contributed by atoms with Gasteiger partial charge in [0.05, 0.1) is 17.6 Å². The molecule has 2 bridgehead atoms. The highest BCUT2D eigenvalue weighted by Gasteiger charge is 2.39. The molecule has 2 fully saturated rings. The summed E-state index contributed by atoms with van der Waals surface area (Å²) in [4.78, 5) is 19.9. The van der Waals surface area contributed by atoms with Crippen LogP contribution >= 0.6 is 11.8 Å². The molecular weight excluding hydrogens is 385 g/mol. The number of carbonyl (C=O) groups is 1. The van der Waals surface area contributed by atoms with Crippen LogP contribution in [0.3, 0.4) is 0 Å². The molecule has 6 heteroatoms. The topological polar surface area (TPSA) is 45.2 Å². The normalized spacial score (nSPS) is 26.3. The summed E-state index contributed by atoms with van der Waals surface area (Å²) < 4.78 is 14.5. The summed E-state index contributed by atoms with van der Waals surface area (Å²) >= 11 is 1.90. The van der Waals surface area contributed by atoms with E-state index in [1.54, 1.807) is 6.20 Å². The van der Waals surface area contributed by atoms with Gasteiger partial charge in [0.25, 0.3) is 5.91 Å². The number of allylic oxidation sites excluding steroid dienone is 3. The molecule has 5 aliphatic rings. The number of halogens is 1. The Morgan fingerprint density at radius 3 is 2.55 bits per heavy atom. The number of pyridine rings is 1. The van der Waals surface area contributed by atoms with E-state index in [9.17, 15) is 9.18 Å². The first kappa shape index (κ1) is 19.2. The van der Waals surface area contributed by atoms with Crippen molar-refractivity contribution in [1.82, 2.24) is 9.88 Å². The zero-order valence-electron chi connectivity index (χ0n) is 17.0. The van der Waals surface area contributed by atoms with Crippen molar-refractivity contribution in [2.75, 3.05) is 29.9 Å². The van der Waals surface area contributed by atoms with Crippen LogP contribution in [0.25, 0.3) is 0 Å². The molecule has 154 valence electrons. The molecule has 2 heterocycles. The first-order chi connectivity index (χ1) is 14.1. The Morgan fingerprint density at radius 1 is 1.14 bits per heavy atom. The molecular formula is C23H28FN3OS. The lowest BCUT2D eigenvalue weighted by molar-refractivity contribution is 0.0763. The number of carbonyl (C=O) groups excluding carboxylic acids is 1. The molecule has 0 atom stereocenters. The van der Waals surface area contributed by atoms with Crippen molar-refractivity contribution in [1.29, 1.82) is 0 Å². The highest BCUT2D eigenvalue weighted by molar-refractivity contribution is 7.99. The smallest absolute Gasteiger partial charge is 0.272 e. The molecule has 1 aromatic heterocycles. The number of hydrogen-bond acceptors (Lipinski definition) is 4. The van der Waals surface area contributed by atoms with Gasteiger partial charge in [-0.15, -0.1) is 0 Å². The Labute approximate surface area is 176 Å². The summed E-state index contributed by atoms with van der Waals surface area (Å²) in [5.74, 6) is 2.85. The Balaban J connectivity index is 1.55. The van der Waals surface area contributed by atoms with Crippen LogP contribution in [0.1, 0.15) is 78.9 Å². The second-order valence-electron chi connectivity index (χ2n) is 8.74. The first-order valence-corrected chi connectivity index (χ1v) is 12.0. The van der Waals surface area contributed by atoms with Crippen LogP contribution in [0.4, 0.5) is 10.1 Å². The molecule has 1 saturated heterocycles. The molecule has 1 amide bonds. The first-order valence-electron chi connectivity index (χ1n) is 10.8. The quantitative estimate of drug-likeness (QED) is 0.725. The average Bonchev–Trinajstić information content (AvgIpc) is 2.77. The number of amides is 1. The standard InChI is InChI=1S/C23H28FN3OS/c1-14-2-7-17(24)18(12-14)26-19-13-25-22(23(28)27-8-10-29-11-9-27)21-16-5-3-15(4-6-16)20(19)21/h12-13,15-16,26H,2-11H2,1H3. The van der Waals surface area contributed by atoms with E-state index in [1.165, 1.54) is 11.1 Å². The molecule has 0 unspecified atom stereocenters. The van der Waals surface area contributed by atoms with Gasteiger partial charge in [0.1, 0.15) is 11.5 Å². The zero-order chi connectivity index (χ0) is 20.0. The second-order valence-corrected chi connectivity index (χ2v) is 9.96. The molecule has 29 heavy (non-hydrogen) atoms. The van der Waals surface area contributed by atoms with Crippen LogP contribution in [-0.4, -0.2) is 40.4 Å². The van der Waals surface area contributed by atoms with Crippen molar-refractivity contribution < 1.29 is 9.18 Å². The van der Waals surface area contributed by atoms with Gasteiger partial charge >= 0.3 is 0 Å². The number of rotatable bonds is 3. The number of thioether (sulfide) groups is 1. The second kappa shape index (κ2) is 7.78. The molecule has 1 aromatic rings. The third kappa shape index (κ3) is 3.49. The minimum absolute atomic E-state index is 0.0828. The third-order valence-electron chi connectivity index (χ3n) is 6.89.